The van der Waals surface area contributed by atoms with Crippen LogP contribution < -0.4 is 10.2 Å². The van der Waals surface area contributed by atoms with Crippen LogP contribution in [0, 0.1) is 0 Å². The number of aromatic nitrogens is 1. The Hall–Kier alpha value is -1.62. The van der Waals surface area contributed by atoms with Crippen LogP contribution in [0.25, 0.3) is 0 Å². The summed E-state index contributed by atoms with van der Waals surface area (Å²) in [6.07, 6.45) is 3.96. The second-order valence-corrected chi connectivity index (χ2v) is 3.58. The molecule has 0 aliphatic heterocycles. The average Bonchev–Trinajstić information content (AvgIpc) is 2.29. The van der Waals surface area contributed by atoms with Gasteiger partial charge in [0.15, 0.2) is 0 Å². The van der Waals surface area contributed by atoms with Crippen LogP contribution in [0.4, 0.5) is 5.69 Å². The molecule has 0 aliphatic carbocycles. The second kappa shape index (κ2) is 6.07. The van der Waals surface area contributed by atoms with Gasteiger partial charge in [-0.1, -0.05) is 0 Å². The lowest BCUT2D eigenvalue weighted by atomic mass is 10.2. The quantitative estimate of drug-likeness (QED) is 0.699. The summed E-state index contributed by atoms with van der Waals surface area (Å²) in [6.45, 7) is 1.73. The van der Waals surface area contributed by atoms with Crippen molar-refractivity contribution in [2.24, 2.45) is 0 Å². The number of aromatic carboxylic acids is 1. The van der Waals surface area contributed by atoms with E-state index in [0.29, 0.717) is 5.69 Å². The largest absolute Gasteiger partial charge is 0.478 e. The van der Waals surface area contributed by atoms with Crippen LogP contribution in [-0.4, -0.2) is 43.2 Å². The van der Waals surface area contributed by atoms with Crippen LogP contribution in [0.3, 0.4) is 0 Å². The highest BCUT2D eigenvalue weighted by Crippen LogP contribution is 2.17. The van der Waals surface area contributed by atoms with Crippen LogP contribution in [0.15, 0.2) is 18.5 Å². The van der Waals surface area contributed by atoms with Crippen molar-refractivity contribution < 1.29 is 9.90 Å². The highest BCUT2D eigenvalue weighted by atomic mass is 16.4. The Kier molecular flexibility index (Phi) is 4.72. The topological polar surface area (TPSA) is 65.5 Å². The number of rotatable bonds is 6. The summed E-state index contributed by atoms with van der Waals surface area (Å²) in [4.78, 5) is 16.7. The SMILES string of the molecule is CNCCCN(C)c1ccncc1C(=O)O. The van der Waals surface area contributed by atoms with E-state index in [2.05, 4.69) is 10.3 Å². The van der Waals surface area contributed by atoms with E-state index in [0.717, 1.165) is 19.5 Å². The summed E-state index contributed by atoms with van der Waals surface area (Å²) in [5, 5.41) is 12.1. The van der Waals surface area contributed by atoms with Gasteiger partial charge in [-0.05, 0) is 26.1 Å². The van der Waals surface area contributed by atoms with Gasteiger partial charge in [0.1, 0.15) is 5.56 Å². The minimum atomic E-state index is -0.941. The molecule has 1 rings (SSSR count). The molecule has 0 saturated heterocycles. The van der Waals surface area contributed by atoms with Gasteiger partial charge < -0.3 is 15.3 Å². The molecule has 0 fully saturated rings. The van der Waals surface area contributed by atoms with Crippen molar-refractivity contribution in [2.45, 2.75) is 6.42 Å². The van der Waals surface area contributed by atoms with E-state index < -0.39 is 5.97 Å². The first-order chi connectivity index (χ1) is 7.66. The number of carbonyl (C=O) groups is 1. The molecule has 88 valence electrons. The standard InChI is InChI=1S/C11H17N3O2/c1-12-5-3-7-14(2)10-4-6-13-8-9(10)11(15)16/h4,6,8,12H,3,5,7H2,1-2H3,(H,15,16). The van der Waals surface area contributed by atoms with Crippen LogP contribution in [-0.2, 0) is 0 Å². The van der Waals surface area contributed by atoms with Gasteiger partial charge in [-0.15, -0.1) is 0 Å². The minimum Gasteiger partial charge on any atom is -0.478 e. The van der Waals surface area contributed by atoms with Crippen molar-refractivity contribution in [1.29, 1.82) is 0 Å². The maximum atomic E-state index is 11.0. The zero-order valence-electron chi connectivity index (χ0n) is 9.60. The molecule has 5 heteroatoms. The Balaban J connectivity index is 2.74. The molecule has 1 aromatic rings. The van der Waals surface area contributed by atoms with Crippen LogP contribution in [0.1, 0.15) is 16.8 Å². The predicted molar refractivity (Wildman–Crippen MR) is 63.0 cm³/mol. The van der Waals surface area contributed by atoms with Crippen molar-refractivity contribution in [2.75, 3.05) is 32.1 Å². The van der Waals surface area contributed by atoms with Gasteiger partial charge in [-0.2, -0.15) is 0 Å². The summed E-state index contributed by atoms with van der Waals surface area (Å²) in [5.41, 5.74) is 0.952. The van der Waals surface area contributed by atoms with Gasteiger partial charge in [0.05, 0.1) is 5.69 Å². The molecule has 0 radical (unpaired) electrons. The predicted octanol–water partition coefficient (Wildman–Crippen LogP) is 0.825. The molecular weight excluding hydrogens is 206 g/mol. The lowest BCUT2D eigenvalue weighted by Gasteiger charge is -2.20. The molecule has 0 bridgehead atoms. The molecule has 1 aromatic heterocycles. The fourth-order valence-electron chi connectivity index (χ4n) is 1.50. The summed E-state index contributed by atoms with van der Waals surface area (Å²) in [6, 6.07) is 1.73. The number of nitrogens with one attached hydrogen (secondary N) is 1. The lowest BCUT2D eigenvalue weighted by Crippen LogP contribution is -2.24. The normalized spacial score (nSPS) is 10.1. The molecule has 1 heterocycles. The van der Waals surface area contributed by atoms with Crippen molar-refractivity contribution >= 4 is 11.7 Å². The fourth-order valence-corrected chi connectivity index (χ4v) is 1.50. The van der Waals surface area contributed by atoms with E-state index in [4.69, 9.17) is 5.11 Å². The van der Waals surface area contributed by atoms with E-state index in [-0.39, 0.29) is 5.56 Å². The number of hydrogen-bond donors (Lipinski definition) is 2. The van der Waals surface area contributed by atoms with E-state index in [9.17, 15) is 4.79 Å². The van der Waals surface area contributed by atoms with Crippen LogP contribution >= 0.6 is 0 Å². The van der Waals surface area contributed by atoms with Gasteiger partial charge >= 0.3 is 5.97 Å². The van der Waals surface area contributed by atoms with E-state index in [1.165, 1.54) is 6.20 Å². The maximum absolute atomic E-state index is 11.0. The van der Waals surface area contributed by atoms with E-state index in [1.807, 2.05) is 19.0 Å². The molecular formula is C11H17N3O2. The fraction of sp³-hybridized carbons (Fsp3) is 0.455. The highest BCUT2D eigenvalue weighted by molar-refractivity contribution is 5.93. The molecule has 0 aromatic carbocycles. The Morgan fingerprint density at radius 3 is 3.00 bits per heavy atom. The first-order valence-electron chi connectivity index (χ1n) is 5.20. The third-order valence-corrected chi connectivity index (χ3v) is 2.36. The summed E-state index contributed by atoms with van der Waals surface area (Å²) in [5.74, 6) is -0.941. The Morgan fingerprint density at radius 1 is 1.62 bits per heavy atom. The number of pyridine rings is 1. The monoisotopic (exact) mass is 223 g/mol. The Bertz CT molecular complexity index is 355. The first-order valence-corrected chi connectivity index (χ1v) is 5.20. The highest BCUT2D eigenvalue weighted by Gasteiger charge is 2.12. The molecule has 0 spiro atoms. The number of hydrogen-bond acceptors (Lipinski definition) is 4. The van der Waals surface area contributed by atoms with Gasteiger partial charge in [0, 0.05) is 26.0 Å². The summed E-state index contributed by atoms with van der Waals surface area (Å²) >= 11 is 0. The number of nitrogens with zero attached hydrogens (tertiary/aromatic N) is 2. The summed E-state index contributed by atoms with van der Waals surface area (Å²) in [7, 11) is 3.78. The maximum Gasteiger partial charge on any atom is 0.339 e. The second-order valence-electron chi connectivity index (χ2n) is 3.58. The van der Waals surface area contributed by atoms with Crippen molar-refractivity contribution in [3.63, 3.8) is 0 Å². The number of carboxylic acid groups (broad SMARTS) is 1. The zero-order valence-corrected chi connectivity index (χ0v) is 9.60. The molecule has 2 N–H and O–H groups in total. The van der Waals surface area contributed by atoms with Crippen LogP contribution in [0.2, 0.25) is 0 Å². The van der Waals surface area contributed by atoms with E-state index >= 15 is 0 Å². The van der Waals surface area contributed by atoms with E-state index in [1.54, 1.807) is 12.3 Å². The number of carboxylic acids is 1. The molecule has 0 amide bonds. The zero-order chi connectivity index (χ0) is 12.0. The molecule has 16 heavy (non-hydrogen) atoms. The van der Waals surface area contributed by atoms with Crippen molar-refractivity contribution in [3.05, 3.63) is 24.0 Å². The van der Waals surface area contributed by atoms with Crippen molar-refractivity contribution in [1.82, 2.24) is 10.3 Å². The van der Waals surface area contributed by atoms with Gasteiger partial charge in [-0.3, -0.25) is 4.98 Å². The third kappa shape index (κ3) is 3.20. The van der Waals surface area contributed by atoms with Gasteiger partial charge in [0.2, 0.25) is 0 Å². The molecule has 0 unspecified atom stereocenters. The third-order valence-electron chi connectivity index (χ3n) is 2.36. The minimum absolute atomic E-state index is 0.245. The van der Waals surface area contributed by atoms with Gasteiger partial charge in [0.25, 0.3) is 0 Å². The van der Waals surface area contributed by atoms with Crippen LogP contribution in [0.5, 0.6) is 0 Å². The lowest BCUT2D eigenvalue weighted by molar-refractivity contribution is 0.0697. The molecule has 0 atom stereocenters. The average molecular weight is 223 g/mol. The van der Waals surface area contributed by atoms with Gasteiger partial charge in [-0.25, -0.2) is 4.79 Å². The molecule has 5 nitrogen and oxygen atoms in total. The van der Waals surface area contributed by atoms with Crippen molar-refractivity contribution in [3.8, 4) is 0 Å². The molecule has 0 saturated carbocycles. The Labute approximate surface area is 95.1 Å². The summed E-state index contributed by atoms with van der Waals surface area (Å²) < 4.78 is 0. The molecule has 0 aliphatic rings. The Morgan fingerprint density at radius 2 is 2.38 bits per heavy atom. The first kappa shape index (κ1) is 12.4. The smallest absolute Gasteiger partial charge is 0.339 e. The number of anilines is 1.